The molecule has 9 heteroatoms. The highest BCUT2D eigenvalue weighted by atomic mass is 35.5. The van der Waals surface area contributed by atoms with Crippen molar-refractivity contribution in [3.05, 3.63) is 50.9 Å². The second kappa shape index (κ2) is 7.34. The van der Waals surface area contributed by atoms with Gasteiger partial charge >= 0.3 is 0 Å². The first-order chi connectivity index (χ1) is 11.8. The molecule has 1 aromatic carbocycles. The quantitative estimate of drug-likeness (QED) is 0.571. The van der Waals surface area contributed by atoms with Gasteiger partial charge in [0.1, 0.15) is 4.21 Å². The van der Waals surface area contributed by atoms with E-state index < -0.39 is 38.0 Å². The van der Waals surface area contributed by atoms with Crippen molar-refractivity contribution in [1.82, 2.24) is 4.72 Å². The van der Waals surface area contributed by atoms with Gasteiger partial charge in [-0.25, -0.2) is 21.9 Å². The number of benzene rings is 1. The van der Waals surface area contributed by atoms with Gasteiger partial charge in [-0.2, -0.15) is 0 Å². The molecule has 2 rings (SSSR count). The van der Waals surface area contributed by atoms with Crippen LogP contribution in [0.25, 0.3) is 0 Å². The monoisotopic (exact) mass is 421 g/mol. The topological polar surface area (TPSA) is 63.2 Å². The number of hydrogen-bond donors (Lipinski definition) is 1. The van der Waals surface area contributed by atoms with Crippen molar-refractivity contribution < 1.29 is 22.0 Å². The highest BCUT2D eigenvalue weighted by molar-refractivity contribution is 7.91. The number of thiophene rings is 1. The van der Waals surface area contributed by atoms with E-state index in [9.17, 15) is 22.0 Å². The summed E-state index contributed by atoms with van der Waals surface area (Å²) in [6, 6.07) is 3.38. The zero-order valence-corrected chi connectivity index (χ0v) is 17.0. The van der Waals surface area contributed by atoms with Gasteiger partial charge in [-0.05, 0) is 51.5 Å². The molecule has 0 spiro atoms. The lowest BCUT2D eigenvalue weighted by Crippen LogP contribution is -2.40. The van der Waals surface area contributed by atoms with Gasteiger partial charge in [0.2, 0.25) is 0 Å². The Morgan fingerprint density at radius 1 is 1.23 bits per heavy atom. The Kier molecular flexibility index (Phi) is 5.92. The molecule has 142 valence electrons. The number of carbonyl (C=O) groups is 1. The van der Waals surface area contributed by atoms with E-state index in [2.05, 4.69) is 4.72 Å². The summed E-state index contributed by atoms with van der Waals surface area (Å²) in [5.74, 6) is -2.71. The Balaban J connectivity index is 2.30. The molecule has 0 atom stereocenters. The van der Waals surface area contributed by atoms with Gasteiger partial charge in [0.05, 0.1) is 5.02 Å². The number of carbonyl (C=O) groups excluding carboxylic acids is 1. The van der Waals surface area contributed by atoms with E-state index in [1.807, 2.05) is 0 Å². The Labute approximate surface area is 160 Å². The molecule has 1 aromatic heterocycles. The Hall–Kier alpha value is -1.35. The zero-order chi connectivity index (χ0) is 19.9. The van der Waals surface area contributed by atoms with Gasteiger partial charge in [-0.3, -0.25) is 4.79 Å². The minimum Gasteiger partial charge on any atom is -0.294 e. The lowest BCUT2D eigenvalue weighted by atomic mass is 10.0. The van der Waals surface area contributed by atoms with Crippen LogP contribution >= 0.6 is 22.9 Å². The molecule has 0 amide bonds. The third-order valence-electron chi connectivity index (χ3n) is 3.31. The predicted octanol–water partition coefficient (Wildman–Crippen LogP) is 4.49. The molecule has 0 aliphatic heterocycles. The molecule has 0 aliphatic rings. The highest BCUT2D eigenvalue weighted by Crippen LogP contribution is 2.28. The zero-order valence-electron chi connectivity index (χ0n) is 14.6. The minimum atomic E-state index is -3.76. The fraction of sp³-hybridized carbons (Fsp3) is 0.353. The fourth-order valence-corrected chi connectivity index (χ4v) is 5.42. The molecule has 0 fully saturated rings. The van der Waals surface area contributed by atoms with Crippen LogP contribution in [0.2, 0.25) is 5.02 Å². The lowest BCUT2D eigenvalue weighted by Gasteiger charge is -2.19. The van der Waals surface area contributed by atoms with Crippen molar-refractivity contribution in [3.63, 3.8) is 0 Å². The number of rotatable bonds is 5. The van der Waals surface area contributed by atoms with Crippen molar-refractivity contribution in [1.29, 1.82) is 0 Å². The van der Waals surface area contributed by atoms with Gasteiger partial charge in [0.25, 0.3) is 10.0 Å². The molecule has 0 unspecified atom stereocenters. The molecule has 0 saturated carbocycles. The average molecular weight is 422 g/mol. The second-order valence-corrected chi connectivity index (χ2v) is 10.4. The van der Waals surface area contributed by atoms with Gasteiger partial charge in [0.15, 0.2) is 17.4 Å². The van der Waals surface area contributed by atoms with Crippen molar-refractivity contribution in [2.45, 2.75) is 43.9 Å². The van der Waals surface area contributed by atoms with Crippen LogP contribution in [0.3, 0.4) is 0 Å². The minimum absolute atomic E-state index is 0.0246. The summed E-state index contributed by atoms with van der Waals surface area (Å²) in [5.41, 5.74) is -0.226. The third-order valence-corrected chi connectivity index (χ3v) is 6.87. The van der Waals surface area contributed by atoms with Crippen LogP contribution in [0.1, 0.15) is 41.6 Å². The summed E-state index contributed by atoms with van der Waals surface area (Å²) in [6.07, 6.45) is -0.222. The van der Waals surface area contributed by atoms with Crippen molar-refractivity contribution in [2.24, 2.45) is 0 Å². The molecule has 1 N–H and O–H groups in total. The van der Waals surface area contributed by atoms with Crippen molar-refractivity contribution in [3.8, 4) is 0 Å². The summed E-state index contributed by atoms with van der Waals surface area (Å²) >= 11 is 6.57. The summed E-state index contributed by atoms with van der Waals surface area (Å²) < 4.78 is 54.0. The Morgan fingerprint density at radius 3 is 2.38 bits per heavy atom. The summed E-state index contributed by atoms with van der Waals surface area (Å²) in [7, 11) is -3.76. The molecule has 4 nitrogen and oxygen atoms in total. The predicted molar refractivity (Wildman–Crippen MR) is 98.5 cm³/mol. The van der Waals surface area contributed by atoms with Crippen molar-refractivity contribution in [2.75, 3.05) is 0 Å². The van der Waals surface area contributed by atoms with E-state index in [0.29, 0.717) is 4.88 Å². The van der Waals surface area contributed by atoms with Crippen molar-refractivity contribution >= 4 is 38.7 Å². The van der Waals surface area contributed by atoms with Gasteiger partial charge in [-0.1, -0.05) is 11.6 Å². The van der Waals surface area contributed by atoms with E-state index in [4.69, 9.17) is 11.6 Å². The second-order valence-electron chi connectivity index (χ2n) is 6.86. The van der Waals surface area contributed by atoms with Crippen LogP contribution in [0.4, 0.5) is 8.78 Å². The van der Waals surface area contributed by atoms with E-state index in [1.54, 1.807) is 27.7 Å². The Morgan fingerprint density at radius 2 is 1.85 bits per heavy atom. The van der Waals surface area contributed by atoms with Gasteiger partial charge in [0, 0.05) is 22.4 Å². The number of Topliss-reactive ketones (excluding diaryl/α,β-unsaturated/α-hetero) is 1. The van der Waals surface area contributed by atoms with E-state index in [-0.39, 0.29) is 21.8 Å². The first-order valence-corrected chi connectivity index (χ1v) is 10.3. The van der Waals surface area contributed by atoms with Crippen LogP contribution in [-0.4, -0.2) is 19.7 Å². The average Bonchev–Trinajstić information content (AvgIpc) is 2.85. The molecular weight excluding hydrogens is 404 g/mol. The largest absolute Gasteiger partial charge is 0.294 e. The highest BCUT2D eigenvalue weighted by Gasteiger charge is 2.26. The molecule has 26 heavy (non-hydrogen) atoms. The lowest BCUT2D eigenvalue weighted by molar-refractivity contribution is 0.0992. The van der Waals surface area contributed by atoms with Gasteiger partial charge < -0.3 is 0 Å². The summed E-state index contributed by atoms with van der Waals surface area (Å²) in [6.45, 7) is 6.77. The first-order valence-electron chi connectivity index (χ1n) is 7.61. The van der Waals surface area contributed by atoms with E-state index in [0.717, 1.165) is 17.4 Å². The van der Waals surface area contributed by atoms with E-state index >= 15 is 0 Å². The molecule has 0 aliphatic carbocycles. The van der Waals surface area contributed by atoms with Gasteiger partial charge in [-0.15, -0.1) is 11.3 Å². The standard InChI is InChI=1S/C17H18ClF2NO3S2/c1-9-11(8-15(25-9)26(23,24)21-17(2,3)4)14(22)7-10-5-12(18)16(20)13(19)6-10/h5-6,8,21H,7H2,1-4H3. The molecule has 0 saturated heterocycles. The molecule has 2 aromatic rings. The molecule has 0 radical (unpaired) electrons. The summed E-state index contributed by atoms with van der Waals surface area (Å²) in [5, 5.41) is -0.410. The van der Waals surface area contributed by atoms with Crippen LogP contribution in [-0.2, 0) is 16.4 Å². The normalized spacial score (nSPS) is 12.4. The fourth-order valence-electron chi connectivity index (χ4n) is 2.31. The molecule has 0 bridgehead atoms. The number of hydrogen-bond acceptors (Lipinski definition) is 4. The SMILES string of the molecule is Cc1sc(S(=O)(=O)NC(C)(C)C)cc1C(=O)Cc1cc(F)c(F)c(Cl)c1. The maximum Gasteiger partial charge on any atom is 0.250 e. The number of halogens is 3. The molecule has 1 heterocycles. The van der Waals surface area contributed by atoms with Crippen LogP contribution in [0.5, 0.6) is 0 Å². The van der Waals surface area contributed by atoms with E-state index in [1.165, 1.54) is 12.1 Å². The first kappa shape index (κ1) is 21.0. The van der Waals surface area contributed by atoms with Crippen LogP contribution in [0, 0.1) is 18.6 Å². The smallest absolute Gasteiger partial charge is 0.250 e. The number of ketones is 1. The van der Waals surface area contributed by atoms with Crippen LogP contribution in [0.15, 0.2) is 22.4 Å². The molecular formula is C17H18ClF2NO3S2. The number of nitrogens with one attached hydrogen (secondary N) is 1. The third kappa shape index (κ3) is 4.88. The Bertz CT molecular complexity index is 940. The number of aryl methyl sites for hydroxylation is 1. The van der Waals surface area contributed by atoms with Crippen LogP contribution < -0.4 is 4.72 Å². The summed E-state index contributed by atoms with van der Waals surface area (Å²) in [4.78, 5) is 13.0. The maximum absolute atomic E-state index is 13.4. The number of sulfonamides is 1. The maximum atomic E-state index is 13.4.